The molecule has 0 unspecified atom stereocenters. The van der Waals surface area contributed by atoms with Gasteiger partial charge in [-0.1, -0.05) is 12.1 Å². The highest BCUT2D eigenvalue weighted by Gasteiger charge is 2.41. The van der Waals surface area contributed by atoms with Gasteiger partial charge in [0.1, 0.15) is 0 Å². The molecule has 4 heteroatoms. The predicted molar refractivity (Wildman–Crippen MR) is 72.3 cm³/mol. The van der Waals surface area contributed by atoms with Crippen LogP contribution < -0.4 is 5.32 Å². The number of imide groups is 1. The third-order valence-corrected chi connectivity index (χ3v) is 4.16. The van der Waals surface area contributed by atoms with E-state index >= 15 is 0 Å². The Hall–Kier alpha value is -1.68. The number of aryl methyl sites for hydroxylation is 2. The molecule has 19 heavy (non-hydrogen) atoms. The van der Waals surface area contributed by atoms with Crippen molar-refractivity contribution in [3.05, 3.63) is 34.4 Å². The Labute approximate surface area is 112 Å². The van der Waals surface area contributed by atoms with E-state index in [2.05, 4.69) is 5.32 Å². The first-order valence-electron chi connectivity index (χ1n) is 6.80. The lowest BCUT2D eigenvalue weighted by Crippen LogP contribution is -2.46. The zero-order valence-corrected chi connectivity index (χ0v) is 11.3. The van der Waals surface area contributed by atoms with Crippen LogP contribution in [0.3, 0.4) is 0 Å². The van der Waals surface area contributed by atoms with Crippen LogP contribution >= 0.6 is 0 Å². The van der Waals surface area contributed by atoms with Crippen molar-refractivity contribution in [1.82, 2.24) is 10.2 Å². The molecule has 1 aromatic rings. The number of rotatable bonds is 1. The molecule has 2 aliphatic rings. The minimum atomic E-state index is -0.104. The molecule has 1 aromatic carbocycles. The molecular formula is C15H18N2O2. The van der Waals surface area contributed by atoms with Gasteiger partial charge in [0.25, 0.3) is 11.8 Å². The first-order valence-corrected chi connectivity index (χ1v) is 6.80. The van der Waals surface area contributed by atoms with E-state index in [4.69, 9.17) is 0 Å². The average Bonchev–Trinajstić information content (AvgIpc) is 2.68. The summed E-state index contributed by atoms with van der Waals surface area (Å²) in [4.78, 5) is 26.6. The van der Waals surface area contributed by atoms with Crippen molar-refractivity contribution in [2.45, 2.75) is 32.7 Å². The van der Waals surface area contributed by atoms with Gasteiger partial charge in [-0.3, -0.25) is 14.5 Å². The van der Waals surface area contributed by atoms with Gasteiger partial charge in [-0.15, -0.1) is 0 Å². The van der Waals surface area contributed by atoms with E-state index in [0.717, 1.165) is 37.1 Å². The Morgan fingerprint density at radius 1 is 1.00 bits per heavy atom. The molecule has 1 fully saturated rings. The molecule has 0 aliphatic carbocycles. The van der Waals surface area contributed by atoms with Gasteiger partial charge in [-0.25, -0.2) is 0 Å². The summed E-state index contributed by atoms with van der Waals surface area (Å²) in [5.41, 5.74) is 3.03. The summed E-state index contributed by atoms with van der Waals surface area (Å²) in [6.45, 7) is 5.54. The molecule has 0 spiro atoms. The Kier molecular flexibility index (Phi) is 2.90. The minimum Gasteiger partial charge on any atom is -0.317 e. The summed E-state index contributed by atoms with van der Waals surface area (Å²) in [5.74, 6) is -0.207. The van der Waals surface area contributed by atoms with E-state index in [9.17, 15) is 9.59 Å². The molecular weight excluding hydrogens is 240 g/mol. The number of benzene rings is 1. The first kappa shape index (κ1) is 12.4. The number of piperidine rings is 1. The molecule has 0 bridgehead atoms. The van der Waals surface area contributed by atoms with Gasteiger partial charge >= 0.3 is 0 Å². The molecule has 2 aliphatic heterocycles. The summed E-state index contributed by atoms with van der Waals surface area (Å²) in [5, 5.41) is 3.26. The molecule has 2 heterocycles. The van der Waals surface area contributed by atoms with Crippen LogP contribution in [-0.4, -0.2) is 35.8 Å². The Morgan fingerprint density at radius 3 is 1.95 bits per heavy atom. The van der Waals surface area contributed by atoms with Crippen LogP contribution in [0.2, 0.25) is 0 Å². The maximum atomic E-state index is 12.6. The average molecular weight is 258 g/mol. The lowest BCUT2D eigenvalue weighted by Gasteiger charge is -2.29. The number of amides is 2. The minimum absolute atomic E-state index is 0.0486. The highest BCUT2D eigenvalue weighted by Crippen LogP contribution is 2.31. The zero-order chi connectivity index (χ0) is 13.6. The van der Waals surface area contributed by atoms with Crippen LogP contribution in [0.4, 0.5) is 0 Å². The predicted octanol–water partition coefficient (Wildman–Crippen LogP) is 1.65. The highest BCUT2D eigenvalue weighted by molar-refractivity contribution is 6.22. The smallest absolute Gasteiger partial charge is 0.262 e. The van der Waals surface area contributed by atoms with Crippen LogP contribution in [0.15, 0.2) is 12.1 Å². The molecule has 2 amide bonds. The topological polar surface area (TPSA) is 49.4 Å². The van der Waals surface area contributed by atoms with Crippen LogP contribution in [0.25, 0.3) is 0 Å². The largest absolute Gasteiger partial charge is 0.317 e. The third-order valence-electron chi connectivity index (χ3n) is 4.16. The summed E-state index contributed by atoms with van der Waals surface area (Å²) in [6, 6.07) is 3.89. The number of hydrogen-bond donors (Lipinski definition) is 1. The lowest BCUT2D eigenvalue weighted by molar-refractivity contribution is 0.0555. The Morgan fingerprint density at radius 2 is 1.47 bits per heavy atom. The fraction of sp³-hybridized carbons (Fsp3) is 0.467. The van der Waals surface area contributed by atoms with E-state index in [1.54, 1.807) is 0 Å². The molecule has 1 N–H and O–H groups in total. The highest BCUT2D eigenvalue weighted by atomic mass is 16.2. The van der Waals surface area contributed by atoms with Gasteiger partial charge in [-0.05, 0) is 50.9 Å². The Balaban J connectivity index is 2.04. The summed E-state index contributed by atoms with van der Waals surface area (Å²) < 4.78 is 0. The standard InChI is InChI=1S/C15H18N2O2/c1-9-3-4-10(2)13-12(9)14(18)17(15(13)19)11-5-7-16-8-6-11/h3-4,11,16H,5-8H2,1-2H3. The number of fused-ring (bicyclic) bond motifs is 1. The van der Waals surface area contributed by atoms with Gasteiger partial charge in [0.15, 0.2) is 0 Å². The molecule has 1 saturated heterocycles. The monoisotopic (exact) mass is 258 g/mol. The van der Waals surface area contributed by atoms with Crippen LogP contribution in [0.1, 0.15) is 44.7 Å². The summed E-state index contributed by atoms with van der Waals surface area (Å²) >= 11 is 0. The van der Waals surface area contributed by atoms with Crippen LogP contribution in [0.5, 0.6) is 0 Å². The van der Waals surface area contributed by atoms with Crippen molar-refractivity contribution in [3.63, 3.8) is 0 Å². The second-order valence-corrected chi connectivity index (χ2v) is 5.41. The van der Waals surface area contributed by atoms with Crippen LogP contribution in [-0.2, 0) is 0 Å². The van der Waals surface area contributed by atoms with Crippen LogP contribution in [0, 0.1) is 13.8 Å². The number of carbonyl (C=O) groups excluding carboxylic acids is 2. The fourth-order valence-corrected chi connectivity index (χ4v) is 3.09. The molecule has 3 rings (SSSR count). The number of carbonyl (C=O) groups is 2. The molecule has 4 nitrogen and oxygen atoms in total. The second kappa shape index (κ2) is 4.46. The summed E-state index contributed by atoms with van der Waals surface area (Å²) in [6.07, 6.45) is 1.70. The molecule has 0 saturated carbocycles. The zero-order valence-electron chi connectivity index (χ0n) is 11.3. The van der Waals surface area contributed by atoms with Crippen molar-refractivity contribution >= 4 is 11.8 Å². The number of hydrogen-bond acceptors (Lipinski definition) is 3. The molecule has 0 atom stereocenters. The van der Waals surface area contributed by atoms with E-state index in [-0.39, 0.29) is 17.9 Å². The van der Waals surface area contributed by atoms with E-state index in [0.29, 0.717) is 11.1 Å². The van der Waals surface area contributed by atoms with Crippen molar-refractivity contribution in [2.75, 3.05) is 13.1 Å². The molecule has 0 aromatic heterocycles. The SMILES string of the molecule is Cc1ccc(C)c2c1C(=O)N(C1CCNCC1)C2=O. The van der Waals surface area contributed by atoms with Gasteiger partial charge in [0, 0.05) is 6.04 Å². The maximum Gasteiger partial charge on any atom is 0.262 e. The quantitative estimate of drug-likeness (QED) is 0.779. The van der Waals surface area contributed by atoms with Crippen molar-refractivity contribution < 1.29 is 9.59 Å². The normalized spacial score (nSPS) is 20.0. The number of nitrogens with one attached hydrogen (secondary N) is 1. The van der Waals surface area contributed by atoms with Gasteiger partial charge in [-0.2, -0.15) is 0 Å². The molecule has 0 radical (unpaired) electrons. The van der Waals surface area contributed by atoms with Crippen molar-refractivity contribution in [1.29, 1.82) is 0 Å². The van der Waals surface area contributed by atoms with E-state index in [1.165, 1.54) is 4.90 Å². The van der Waals surface area contributed by atoms with Gasteiger partial charge < -0.3 is 5.32 Å². The summed E-state index contributed by atoms with van der Waals surface area (Å²) in [7, 11) is 0. The third kappa shape index (κ3) is 1.78. The fourth-order valence-electron chi connectivity index (χ4n) is 3.09. The van der Waals surface area contributed by atoms with Gasteiger partial charge in [0.05, 0.1) is 11.1 Å². The number of nitrogens with zero attached hydrogens (tertiary/aromatic N) is 1. The molecule has 100 valence electrons. The lowest BCUT2D eigenvalue weighted by atomic mass is 9.99. The van der Waals surface area contributed by atoms with Crippen molar-refractivity contribution in [2.24, 2.45) is 0 Å². The van der Waals surface area contributed by atoms with E-state index in [1.807, 2.05) is 26.0 Å². The van der Waals surface area contributed by atoms with E-state index < -0.39 is 0 Å². The van der Waals surface area contributed by atoms with Crippen molar-refractivity contribution in [3.8, 4) is 0 Å². The first-order chi connectivity index (χ1) is 9.11. The van der Waals surface area contributed by atoms with Gasteiger partial charge in [0.2, 0.25) is 0 Å². The second-order valence-electron chi connectivity index (χ2n) is 5.41. The Bertz CT molecular complexity index is 519. The maximum absolute atomic E-state index is 12.6.